The van der Waals surface area contributed by atoms with Gasteiger partial charge in [-0.1, -0.05) is 0 Å². The molecule has 0 aliphatic rings. The van der Waals surface area contributed by atoms with Crippen LogP contribution in [0.5, 0.6) is 0 Å². The fraction of sp³-hybridized carbons (Fsp3) is 0.500. The molecule has 0 atom stereocenters. The smallest absolute Gasteiger partial charge is 1.00 e. The zero-order valence-corrected chi connectivity index (χ0v) is 14.4. The molecule has 0 saturated heterocycles. The average molecular weight is 261 g/mol. The Labute approximate surface area is 157 Å². The van der Waals surface area contributed by atoms with E-state index < -0.39 is 11.9 Å². The van der Waals surface area contributed by atoms with Crippen LogP contribution >= 0.6 is 0 Å². The van der Waals surface area contributed by atoms with Crippen LogP contribution in [-0.2, 0) is 14.3 Å². The van der Waals surface area contributed by atoms with Crippen LogP contribution in [0.15, 0.2) is 0 Å². The molecule has 10 heavy (non-hydrogen) atoms. The monoisotopic (exact) mass is 260 g/mol. The third kappa shape index (κ3) is 22.4. The first-order chi connectivity index (χ1) is 3.13. The van der Waals surface area contributed by atoms with Crippen molar-refractivity contribution in [3.8, 4) is 0 Å². The van der Waals surface area contributed by atoms with Gasteiger partial charge in [0.1, 0.15) is 0 Å². The maximum Gasteiger partial charge on any atom is 1.00 e. The second kappa shape index (κ2) is 14.4. The largest absolute Gasteiger partial charge is 1.00 e. The summed E-state index contributed by atoms with van der Waals surface area (Å²) < 4.78 is 3.97. The van der Waals surface area contributed by atoms with Crippen LogP contribution in [-0.4, -0.2) is 11.9 Å². The summed E-state index contributed by atoms with van der Waals surface area (Å²) in [6.07, 6.45) is 0. The van der Waals surface area contributed by atoms with Gasteiger partial charge in [0.15, 0.2) is 0 Å². The molecule has 0 fully saturated rings. The predicted molar refractivity (Wildman–Crippen MR) is 23.6 cm³/mol. The van der Waals surface area contributed by atoms with E-state index in [1.54, 1.807) is 0 Å². The summed E-state index contributed by atoms with van der Waals surface area (Å²) >= 11 is 0. The van der Waals surface area contributed by atoms with E-state index in [4.69, 9.17) is 0 Å². The van der Waals surface area contributed by atoms with Gasteiger partial charge in [-0.3, -0.25) is 9.59 Å². The van der Waals surface area contributed by atoms with E-state index in [0.717, 1.165) is 0 Å². The topological polar surface area (TPSA) is 43.4 Å². The molecule has 3 nitrogen and oxygen atoms in total. The molecule has 0 radical (unpaired) electrons. The maximum atomic E-state index is 9.81. The minimum atomic E-state index is -0.562. The molecule has 0 bridgehead atoms. The van der Waals surface area contributed by atoms with Crippen molar-refractivity contribution in [2.75, 3.05) is 0 Å². The standard InChI is InChI=1S/C4H6O3.BrH.2K.H/c1-3(5)7-4(2)6;;;;/h1-2H3;1H;;;/q;;2*+1;-1/p-1. The molecule has 0 spiro atoms. The second-order valence-electron chi connectivity index (χ2n) is 1.09. The summed E-state index contributed by atoms with van der Waals surface area (Å²) in [5.74, 6) is -1.12. The van der Waals surface area contributed by atoms with E-state index in [1.165, 1.54) is 13.8 Å². The van der Waals surface area contributed by atoms with Crippen LogP contribution in [0.25, 0.3) is 0 Å². The molecule has 0 heterocycles. The first-order valence-electron chi connectivity index (χ1n) is 1.82. The Hall–Kier alpha value is 2.89. The Bertz CT molecular complexity index is 99.5. The average Bonchev–Trinajstić information content (AvgIpc) is 1.27. The van der Waals surface area contributed by atoms with Crippen molar-refractivity contribution in [1.29, 1.82) is 0 Å². The zero-order chi connectivity index (χ0) is 5.86. The molecule has 0 aromatic rings. The van der Waals surface area contributed by atoms with Gasteiger partial charge in [-0.05, 0) is 0 Å². The number of esters is 2. The minimum Gasteiger partial charge on any atom is -1.00 e. The van der Waals surface area contributed by atoms with E-state index in [0.29, 0.717) is 0 Å². The summed E-state index contributed by atoms with van der Waals surface area (Å²) in [4.78, 5) is 19.6. The quantitative estimate of drug-likeness (QED) is 0.247. The number of hydrogen-bond donors (Lipinski definition) is 0. The Morgan fingerprint density at radius 3 is 1.30 bits per heavy atom. The van der Waals surface area contributed by atoms with Crippen molar-refractivity contribution in [1.82, 2.24) is 0 Å². The van der Waals surface area contributed by atoms with Crippen LogP contribution in [0.3, 0.4) is 0 Å². The van der Waals surface area contributed by atoms with E-state index in [2.05, 4.69) is 4.74 Å². The van der Waals surface area contributed by atoms with Gasteiger partial charge in [0, 0.05) is 13.8 Å². The van der Waals surface area contributed by atoms with Crippen molar-refractivity contribution in [2.45, 2.75) is 13.8 Å². The Balaban J connectivity index is -0.0000000300. The number of carbonyl (C=O) groups excluding carboxylic acids is 2. The number of ether oxygens (including phenoxy) is 1. The van der Waals surface area contributed by atoms with Crippen molar-refractivity contribution in [3.63, 3.8) is 0 Å². The van der Waals surface area contributed by atoms with Gasteiger partial charge >= 0.3 is 115 Å². The number of halogens is 1. The first kappa shape index (κ1) is 23.1. The fourth-order valence-electron chi connectivity index (χ4n) is 0.202. The van der Waals surface area contributed by atoms with Gasteiger partial charge in [0.05, 0.1) is 0 Å². The summed E-state index contributed by atoms with van der Waals surface area (Å²) in [6, 6.07) is 0. The molecule has 0 rings (SSSR count). The van der Waals surface area contributed by atoms with Crippen molar-refractivity contribution in [3.05, 3.63) is 0 Å². The molecule has 0 aromatic heterocycles. The number of rotatable bonds is 0. The number of carbonyl (C=O) groups is 2. The molecular weight excluding hydrogens is 254 g/mol. The van der Waals surface area contributed by atoms with Gasteiger partial charge in [0.2, 0.25) is 0 Å². The summed E-state index contributed by atoms with van der Waals surface area (Å²) in [5, 5.41) is 0. The molecule has 6 heteroatoms. The Kier molecular flexibility index (Phi) is 33.2. The van der Waals surface area contributed by atoms with Gasteiger partial charge in [-0.25, -0.2) is 0 Å². The molecule has 0 amide bonds. The van der Waals surface area contributed by atoms with Crippen LogP contribution < -0.4 is 120 Å². The van der Waals surface area contributed by atoms with Gasteiger partial charge in [0.25, 0.3) is 0 Å². The van der Waals surface area contributed by atoms with Crippen molar-refractivity contribution >= 4 is 11.9 Å². The minimum absolute atomic E-state index is 0. The molecule has 0 aromatic carbocycles. The van der Waals surface area contributed by atoms with Crippen LogP contribution in [0.4, 0.5) is 0 Å². The second-order valence-corrected chi connectivity index (χ2v) is 1.09. The van der Waals surface area contributed by atoms with E-state index in [9.17, 15) is 9.59 Å². The maximum absolute atomic E-state index is 9.81. The summed E-state index contributed by atoms with van der Waals surface area (Å²) in [7, 11) is 0. The van der Waals surface area contributed by atoms with E-state index in [1.807, 2.05) is 0 Å². The third-order valence-corrected chi connectivity index (χ3v) is 0.287. The van der Waals surface area contributed by atoms with Crippen molar-refractivity contribution in [2.24, 2.45) is 0 Å². The van der Waals surface area contributed by atoms with E-state index >= 15 is 0 Å². The van der Waals surface area contributed by atoms with Crippen LogP contribution in [0.1, 0.15) is 15.3 Å². The van der Waals surface area contributed by atoms with Crippen LogP contribution in [0, 0.1) is 0 Å². The summed E-state index contributed by atoms with van der Waals surface area (Å²) in [6.45, 7) is 2.36. The zero-order valence-electron chi connectivity index (χ0n) is 7.60. The predicted octanol–water partition coefficient (Wildman–Crippen LogP) is -8.78. The Morgan fingerprint density at radius 1 is 1.10 bits per heavy atom. The number of hydrogen-bond acceptors (Lipinski definition) is 3. The molecule has 0 aliphatic heterocycles. The molecule has 0 saturated carbocycles. The van der Waals surface area contributed by atoms with Crippen molar-refractivity contribution < 1.29 is 136 Å². The normalized spacial score (nSPS) is 5.40. The molecular formula is C4H7BrK2O3. The SMILES string of the molecule is CC(=O)OC(C)=O.[Br-].[H-].[K+].[K+]. The molecule has 50 valence electrons. The van der Waals surface area contributed by atoms with Gasteiger partial charge in [-0.2, -0.15) is 0 Å². The van der Waals surface area contributed by atoms with Crippen LogP contribution in [0.2, 0.25) is 0 Å². The third-order valence-electron chi connectivity index (χ3n) is 0.287. The van der Waals surface area contributed by atoms with Gasteiger partial charge < -0.3 is 23.1 Å². The fourth-order valence-corrected chi connectivity index (χ4v) is 0.202. The van der Waals surface area contributed by atoms with Gasteiger partial charge in [-0.15, -0.1) is 0 Å². The first-order valence-corrected chi connectivity index (χ1v) is 1.82. The molecule has 0 aliphatic carbocycles. The Morgan fingerprint density at radius 2 is 1.30 bits per heavy atom. The molecule has 0 N–H and O–H groups in total. The molecule has 0 unspecified atom stereocenters. The van der Waals surface area contributed by atoms with E-state index in [-0.39, 0.29) is 121 Å². The summed E-state index contributed by atoms with van der Waals surface area (Å²) in [5.41, 5.74) is 0.